The number of nitrogens with two attached hydrogens (primary N) is 1. The minimum atomic E-state index is -0.374. The van der Waals surface area contributed by atoms with E-state index in [1.165, 1.54) is 5.56 Å². The van der Waals surface area contributed by atoms with Gasteiger partial charge < -0.3 is 5.73 Å². The maximum atomic E-state index is 12.1. The van der Waals surface area contributed by atoms with Crippen molar-refractivity contribution in [3.8, 4) is 0 Å². The van der Waals surface area contributed by atoms with Gasteiger partial charge in [0.15, 0.2) is 5.78 Å². The Hall–Kier alpha value is -1.15. The van der Waals surface area contributed by atoms with Crippen LogP contribution in [0.3, 0.4) is 0 Å². The SMILES string of the molecule is CC(C)Cc1ccc(C(=O)C(N)CC(C)C)cc1. The van der Waals surface area contributed by atoms with Crippen LogP contribution in [0.15, 0.2) is 24.3 Å². The lowest BCUT2D eigenvalue weighted by Gasteiger charge is -2.13. The smallest absolute Gasteiger partial charge is 0.179 e. The van der Waals surface area contributed by atoms with Crippen molar-refractivity contribution in [2.75, 3.05) is 0 Å². The second kappa shape index (κ2) is 6.69. The standard InChI is InChI=1S/C16H25NO/c1-11(2)9-13-5-7-14(8-6-13)16(18)15(17)10-12(3)4/h5-8,11-12,15H,9-10,17H2,1-4H3. The molecule has 1 atom stereocenters. The Bertz CT molecular complexity index is 379. The van der Waals surface area contributed by atoms with Gasteiger partial charge in [0, 0.05) is 5.56 Å². The number of hydrogen-bond donors (Lipinski definition) is 1. The second-order valence-electron chi connectivity index (χ2n) is 5.90. The third-order valence-corrected chi connectivity index (χ3v) is 2.94. The molecule has 2 nitrogen and oxygen atoms in total. The third kappa shape index (κ3) is 4.61. The molecule has 1 rings (SSSR count). The lowest BCUT2D eigenvalue weighted by atomic mass is 9.95. The van der Waals surface area contributed by atoms with Crippen LogP contribution in [0, 0.1) is 11.8 Å². The first kappa shape index (κ1) is 14.9. The molecule has 0 spiro atoms. The molecule has 100 valence electrons. The summed E-state index contributed by atoms with van der Waals surface area (Å²) >= 11 is 0. The molecule has 0 aromatic heterocycles. The average Bonchev–Trinajstić information content (AvgIpc) is 2.27. The molecule has 0 radical (unpaired) electrons. The van der Waals surface area contributed by atoms with Crippen molar-refractivity contribution in [3.63, 3.8) is 0 Å². The van der Waals surface area contributed by atoms with E-state index < -0.39 is 0 Å². The van der Waals surface area contributed by atoms with Crippen LogP contribution in [0.2, 0.25) is 0 Å². The molecule has 2 N–H and O–H groups in total. The Morgan fingerprint density at radius 1 is 1.06 bits per heavy atom. The molecule has 0 amide bonds. The topological polar surface area (TPSA) is 43.1 Å². The van der Waals surface area contributed by atoms with Gasteiger partial charge in [-0.25, -0.2) is 0 Å². The quantitative estimate of drug-likeness (QED) is 0.782. The van der Waals surface area contributed by atoms with Gasteiger partial charge >= 0.3 is 0 Å². The van der Waals surface area contributed by atoms with Crippen LogP contribution in [0.1, 0.15) is 50.0 Å². The predicted molar refractivity (Wildman–Crippen MR) is 76.7 cm³/mol. The summed E-state index contributed by atoms with van der Waals surface area (Å²) in [6.07, 6.45) is 1.79. The third-order valence-electron chi connectivity index (χ3n) is 2.94. The highest BCUT2D eigenvalue weighted by Crippen LogP contribution is 2.13. The van der Waals surface area contributed by atoms with Crippen molar-refractivity contribution >= 4 is 5.78 Å². The van der Waals surface area contributed by atoms with Gasteiger partial charge in [-0.15, -0.1) is 0 Å². The zero-order valence-electron chi connectivity index (χ0n) is 11.9. The molecular formula is C16H25NO. The van der Waals surface area contributed by atoms with E-state index in [2.05, 4.69) is 27.7 Å². The van der Waals surface area contributed by atoms with E-state index in [4.69, 9.17) is 5.73 Å². The van der Waals surface area contributed by atoms with Crippen LogP contribution in [-0.2, 0) is 6.42 Å². The molecule has 18 heavy (non-hydrogen) atoms. The Morgan fingerprint density at radius 3 is 2.06 bits per heavy atom. The van der Waals surface area contributed by atoms with Crippen molar-refractivity contribution in [3.05, 3.63) is 35.4 Å². The van der Waals surface area contributed by atoms with E-state index in [1.807, 2.05) is 24.3 Å². The summed E-state index contributed by atoms with van der Waals surface area (Å²) in [5.41, 5.74) is 7.93. The van der Waals surface area contributed by atoms with Crippen LogP contribution < -0.4 is 5.73 Å². The largest absolute Gasteiger partial charge is 0.321 e. The summed E-state index contributed by atoms with van der Waals surface area (Å²) in [5.74, 6) is 1.14. The highest BCUT2D eigenvalue weighted by molar-refractivity contribution is 5.99. The molecule has 0 aliphatic rings. The Morgan fingerprint density at radius 2 is 1.61 bits per heavy atom. The fourth-order valence-electron chi connectivity index (χ4n) is 2.11. The Labute approximate surface area is 111 Å². The molecule has 0 heterocycles. The number of benzene rings is 1. The zero-order valence-corrected chi connectivity index (χ0v) is 11.9. The molecule has 1 aromatic rings. The zero-order chi connectivity index (χ0) is 13.7. The Balaban J connectivity index is 2.69. The molecular weight excluding hydrogens is 222 g/mol. The van der Waals surface area contributed by atoms with Crippen molar-refractivity contribution in [1.82, 2.24) is 0 Å². The molecule has 1 unspecified atom stereocenters. The molecule has 0 fully saturated rings. The number of rotatable bonds is 6. The van der Waals surface area contributed by atoms with Gasteiger partial charge in [-0.3, -0.25) is 4.79 Å². The van der Waals surface area contributed by atoms with Gasteiger partial charge in [-0.1, -0.05) is 52.0 Å². The fraction of sp³-hybridized carbons (Fsp3) is 0.562. The van der Waals surface area contributed by atoms with Gasteiger partial charge in [0.25, 0.3) is 0 Å². The lowest BCUT2D eigenvalue weighted by molar-refractivity contribution is 0.0951. The first-order valence-corrected chi connectivity index (χ1v) is 6.79. The van der Waals surface area contributed by atoms with Gasteiger partial charge in [0.2, 0.25) is 0 Å². The number of carbonyl (C=O) groups excluding carboxylic acids is 1. The molecule has 1 aromatic carbocycles. The molecule has 0 aliphatic heterocycles. The molecule has 2 heteroatoms. The minimum absolute atomic E-state index is 0.0554. The number of Topliss-reactive ketones (excluding diaryl/α,β-unsaturated/α-hetero) is 1. The fourth-order valence-corrected chi connectivity index (χ4v) is 2.11. The van der Waals surface area contributed by atoms with E-state index in [-0.39, 0.29) is 11.8 Å². The van der Waals surface area contributed by atoms with Gasteiger partial charge in [0.1, 0.15) is 0 Å². The number of carbonyl (C=O) groups is 1. The molecule has 0 bridgehead atoms. The second-order valence-corrected chi connectivity index (χ2v) is 5.90. The van der Waals surface area contributed by atoms with Gasteiger partial charge in [-0.05, 0) is 30.2 Å². The number of hydrogen-bond acceptors (Lipinski definition) is 2. The molecule has 0 saturated heterocycles. The highest BCUT2D eigenvalue weighted by atomic mass is 16.1. The van der Waals surface area contributed by atoms with Crippen LogP contribution in [0.4, 0.5) is 0 Å². The monoisotopic (exact) mass is 247 g/mol. The summed E-state index contributed by atoms with van der Waals surface area (Å²) < 4.78 is 0. The maximum Gasteiger partial charge on any atom is 0.179 e. The van der Waals surface area contributed by atoms with E-state index in [9.17, 15) is 4.79 Å². The Kier molecular flexibility index (Phi) is 5.54. The highest BCUT2D eigenvalue weighted by Gasteiger charge is 2.16. The van der Waals surface area contributed by atoms with Crippen LogP contribution in [0.25, 0.3) is 0 Å². The van der Waals surface area contributed by atoms with Crippen molar-refractivity contribution < 1.29 is 4.79 Å². The normalized spacial score (nSPS) is 13.1. The summed E-state index contributed by atoms with van der Waals surface area (Å²) in [6.45, 7) is 8.55. The van der Waals surface area contributed by atoms with E-state index in [0.717, 1.165) is 18.4 Å². The van der Waals surface area contributed by atoms with E-state index >= 15 is 0 Å². The number of ketones is 1. The van der Waals surface area contributed by atoms with Crippen LogP contribution >= 0.6 is 0 Å². The van der Waals surface area contributed by atoms with E-state index in [1.54, 1.807) is 0 Å². The van der Waals surface area contributed by atoms with Crippen molar-refractivity contribution in [1.29, 1.82) is 0 Å². The summed E-state index contributed by atoms with van der Waals surface area (Å²) in [5, 5.41) is 0. The summed E-state index contributed by atoms with van der Waals surface area (Å²) in [7, 11) is 0. The average molecular weight is 247 g/mol. The molecule has 0 saturated carbocycles. The van der Waals surface area contributed by atoms with Crippen molar-refractivity contribution in [2.45, 2.75) is 46.6 Å². The summed E-state index contributed by atoms with van der Waals surface area (Å²) in [4.78, 5) is 12.1. The summed E-state index contributed by atoms with van der Waals surface area (Å²) in [6, 6.07) is 7.51. The van der Waals surface area contributed by atoms with Crippen molar-refractivity contribution in [2.24, 2.45) is 17.6 Å². The molecule has 0 aliphatic carbocycles. The minimum Gasteiger partial charge on any atom is -0.321 e. The lowest BCUT2D eigenvalue weighted by Crippen LogP contribution is -2.31. The van der Waals surface area contributed by atoms with Crippen LogP contribution in [-0.4, -0.2) is 11.8 Å². The van der Waals surface area contributed by atoms with Gasteiger partial charge in [0.05, 0.1) is 6.04 Å². The van der Waals surface area contributed by atoms with E-state index in [0.29, 0.717) is 11.8 Å². The first-order chi connectivity index (χ1) is 8.40. The van der Waals surface area contributed by atoms with Gasteiger partial charge in [-0.2, -0.15) is 0 Å². The maximum absolute atomic E-state index is 12.1. The van der Waals surface area contributed by atoms with Crippen LogP contribution in [0.5, 0.6) is 0 Å². The first-order valence-electron chi connectivity index (χ1n) is 6.79. The predicted octanol–water partition coefficient (Wildman–Crippen LogP) is 3.44.